The van der Waals surface area contributed by atoms with Crippen molar-refractivity contribution < 1.29 is 19.6 Å². The highest BCUT2D eigenvalue weighted by Crippen LogP contribution is 2.40. The zero-order chi connectivity index (χ0) is 36.3. The van der Waals surface area contributed by atoms with E-state index in [1.807, 2.05) is 49.4 Å². The Bertz CT molecular complexity index is 1950. The molecule has 51 heavy (non-hydrogen) atoms. The standard InChI is InChI=1S/C38H38N8O4S/c1-2-30-31(20-39)35(44-38(32(30)21-40)51-33(34(41)47)26-6-4-3-5-7-26)46-18-16-29(17-19-46)42-22-24-8-12-27(13-9-24)36(48)43-23-25-10-14-28(15-11-25)37(49)45-50/h3-15,29,33,42,50H,2,16-19,22-23H2,1H3,(H2,41,47)(H,43,48)(H,45,49). The molecule has 1 aliphatic rings. The van der Waals surface area contributed by atoms with Crippen LogP contribution in [0.15, 0.2) is 83.9 Å². The van der Waals surface area contributed by atoms with Crippen molar-refractivity contribution in [3.8, 4) is 12.1 Å². The first-order valence-electron chi connectivity index (χ1n) is 16.5. The second kappa shape index (κ2) is 17.3. The summed E-state index contributed by atoms with van der Waals surface area (Å²) in [5, 5.41) is 35.2. The Morgan fingerprint density at radius 1 is 0.902 bits per heavy atom. The number of piperidine rings is 1. The van der Waals surface area contributed by atoms with Gasteiger partial charge < -0.3 is 21.3 Å². The number of rotatable bonds is 13. The van der Waals surface area contributed by atoms with Crippen molar-refractivity contribution >= 4 is 35.3 Å². The fourth-order valence-corrected chi connectivity index (χ4v) is 7.04. The molecular formula is C38H38N8O4S. The second-order valence-corrected chi connectivity index (χ2v) is 13.1. The van der Waals surface area contributed by atoms with Gasteiger partial charge in [0.25, 0.3) is 11.8 Å². The van der Waals surface area contributed by atoms with E-state index in [2.05, 4.69) is 27.7 Å². The Morgan fingerprint density at radius 3 is 2.04 bits per heavy atom. The topological polar surface area (TPSA) is 197 Å². The number of primary amides is 1. The molecule has 1 aromatic heterocycles. The van der Waals surface area contributed by atoms with Gasteiger partial charge in [-0.3, -0.25) is 19.6 Å². The summed E-state index contributed by atoms with van der Waals surface area (Å²) in [6.07, 6.45) is 2.06. The van der Waals surface area contributed by atoms with Gasteiger partial charge in [0.1, 0.15) is 28.2 Å². The molecule has 6 N–H and O–H groups in total. The third-order valence-corrected chi connectivity index (χ3v) is 10.1. The van der Waals surface area contributed by atoms with E-state index in [1.165, 1.54) is 0 Å². The molecule has 1 saturated heterocycles. The van der Waals surface area contributed by atoms with Crippen LogP contribution in [-0.2, 0) is 24.3 Å². The van der Waals surface area contributed by atoms with Crippen LogP contribution in [0, 0.1) is 22.7 Å². The van der Waals surface area contributed by atoms with Crippen LogP contribution in [0.2, 0.25) is 0 Å². The number of thioether (sulfide) groups is 1. The molecule has 0 spiro atoms. The Labute approximate surface area is 300 Å². The lowest BCUT2D eigenvalue weighted by Gasteiger charge is -2.34. The Morgan fingerprint density at radius 2 is 1.49 bits per heavy atom. The van der Waals surface area contributed by atoms with Crippen LogP contribution in [0.4, 0.5) is 5.82 Å². The first-order valence-corrected chi connectivity index (χ1v) is 17.4. The molecule has 1 aliphatic heterocycles. The lowest BCUT2D eigenvalue weighted by molar-refractivity contribution is -0.117. The van der Waals surface area contributed by atoms with Crippen molar-refractivity contribution in [1.29, 1.82) is 10.5 Å². The number of hydrogen-bond donors (Lipinski definition) is 5. The van der Waals surface area contributed by atoms with E-state index < -0.39 is 17.1 Å². The smallest absolute Gasteiger partial charge is 0.274 e. The number of carbonyl (C=O) groups excluding carboxylic acids is 3. The normalized spacial score (nSPS) is 13.5. The zero-order valence-electron chi connectivity index (χ0n) is 28.1. The molecule has 3 aromatic carbocycles. The molecule has 1 unspecified atom stereocenters. The van der Waals surface area contributed by atoms with Crippen molar-refractivity contribution in [3.63, 3.8) is 0 Å². The number of hydrogen-bond acceptors (Lipinski definition) is 10. The monoisotopic (exact) mass is 702 g/mol. The molecular weight excluding hydrogens is 665 g/mol. The molecule has 1 fully saturated rings. The maximum atomic E-state index is 12.7. The van der Waals surface area contributed by atoms with E-state index in [9.17, 15) is 24.9 Å². The molecule has 0 bridgehead atoms. The lowest BCUT2D eigenvalue weighted by Crippen LogP contribution is -2.43. The van der Waals surface area contributed by atoms with E-state index >= 15 is 0 Å². The minimum atomic E-state index is -0.747. The van der Waals surface area contributed by atoms with Crippen molar-refractivity contribution in [2.45, 2.75) is 55.6 Å². The number of pyridine rings is 1. The first kappa shape index (κ1) is 36.5. The van der Waals surface area contributed by atoms with E-state index in [0.29, 0.717) is 70.3 Å². The van der Waals surface area contributed by atoms with Gasteiger partial charge in [0.2, 0.25) is 5.91 Å². The van der Waals surface area contributed by atoms with Crippen LogP contribution in [-0.4, -0.2) is 47.0 Å². The predicted molar refractivity (Wildman–Crippen MR) is 193 cm³/mol. The van der Waals surface area contributed by atoms with Gasteiger partial charge >= 0.3 is 0 Å². The molecule has 3 amide bonds. The number of amides is 3. The van der Waals surface area contributed by atoms with Crippen molar-refractivity contribution in [3.05, 3.63) is 123 Å². The first-order chi connectivity index (χ1) is 24.8. The van der Waals surface area contributed by atoms with Gasteiger partial charge in [0, 0.05) is 43.3 Å². The summed E-state index contributed by atoms with van der Waals surface area (Å²) >= 11 is 1.14. The summed E-state index contributed by atoms with van der Waals surface area (Å²) in [5.41, 5.74) is 12.1. The molecule has 4 aromatic rings. The van der Waals surface area contributed by atoms with E-state index in [0.717, 1.165) is 35.7 Å². The number of anilines is 1. The summed E-state index contributed by atoms with van der Waals surface area (Å²) in [6.45, 7) is 4.10. The highest BCUT2D eigenvalue weighted by atomic mass is 32.2. The lowest BCUT2D eigenvalue weighted by atomic mass is 9.99. The van der Waals surface area contributed by atoms with Crippen LogP contribution >= 0.6 is 11.8 Å². The number of aromatic nitrogens is 1. The minimum absolute atomic E-state index is 0.217. The van der Waals surface area contributed by atoms with Gasteiger partial charge in [0.15, 0.2) is 0 Å². The molecule has 0 aliphatic carbocycles. The summed E-state index contributed by atoms with van der Waals surface area (Å²) in [5.74, 6) is -0.839. The number of nitriles is 2. The van der Waals surface area contributed by atoms with Crippen LogP contribution in [0.1, 0.15) is 79.1 Å². The molecule has 1 atom stereocenters. The highest BCUT2D eigenvalue weighted by molar-refractivity contribution is 8.00. The quantitative estimate of drug-likeness (QED) is 0.0751. The summed E-state index contributed by atoms with van der Waals surface area (Å²) in [6, 6.07) is 27.8. The van der Waals surface area contributed by atoms with Crippen molar-refractivity contribution in [2.24, 2.45) is 5.73 Å². The number of hydroxylamine groups is 1. The Balaban J connectivity index is 1.19. The molecule has 13 heteroatoms. The van der Waals surface area contributed by atoms with E-state index in [4.69, 9.17) is 15.9 Å². The van der Waals surface area contributed by atoms with Gasteiger partial charge in [-0.2, -0.15) is 10.5 Å². The Kier molecular flexibility index (Phi) is 12.4. The second-order valence-electron chi connectivity index (χ2n) is 12.0. The molecule has 2 heterocycles. The maximum Gasteiger partial charge on any atom is 0.274 e. The van der Waals surface area contributed by atoms with Gasteiger partial charge in [-0.15, -0.1) is 0 Å². The summed E-state index contributed by atoms with van der Waals surface area (Å²) < 4.78 is 0. The van der Waals surface area contributed by atoms with Crippen molar-refractivity contribution in [2.75, 3.05) is 18.0 Å². The van der Waals surface area contributed by atoms with E-state index in [-0.39, 0.29) is 18.5 Å². The molecule has 12 nitrogen and oxygen atoms in total. The van der Waals surface area contributed by atoms with Gasteiger partial charge in [0.05, 0.1) is 11.1 Å². The largest absolute Gasteiger partial charge is 0.368 e. The van der Waals surface area contributed by atoms with Crippen LogP contribution < -0.4 is 26.7 Å². The third-order valence-electron chi connectivity index (χ3n) is 8.79. The number of nitrogens with two attached hydrogens (primary N) is 1. The summed E-state index contributed by atoms with van der Waals surface area (Å²) in [4.78, 5) is 43.6. The fourth-order valence-electron chi connectivity index (χ4n) is 5.98. The third kappa shape index (κ3) is 8.90. The summed E-state index contributed by atoms with van der Waals surface area (Å²) in [7, 11) is 0. The van der Waals surface area contributed by atoms with Gasteiger partial charge in [-0.05, 0) is 65.8 Å². The SMILES string of the molecule is CCc1c(C#N)c(SC(C(N)=O)c2ccccc2)nc(N2CCC(NCc3ccc(C(=O)NCc4ccc(C(=O)NO)cc4)cc3)CC2)c1C#N. The number of nitrogens with zero attached hydrogens (tertiary/aromatic N) is 4. The zero-order valence-corrected chi connectivity index (χ0v) is 28.9. The average Bonchev–Trinajstić information content (AvgIpc) is 3.18. The van der Waals surface area contributed by atoms with Crippen molar-refractivity contribution in [1.82, 2.24) is 21.1 Å². The number of nitrogens with one attached hydrogen (secondary N) is 3. The molecule has 260 valence electrons. The van der Waals surface area contributed by atoms with E-state index in [1.54, 1.807) is 41.9 Å². The average molecular weight is 703 g/mol. The minimum Gasteiger partial charge on any atom is -0.368 e. The Hall–Kier alpha value is -5.73. The number of benzene rings is 3. The molecule has 0 radical (unpaired) electrons. The number of carbonyl (C=O) groups is 3. The van der Waals surface area contributed by atoms with Gasteiger partial charge in [-0.1, -0.05) is 73.3 Å². The van der Waals surface area contributed by atoms with Crippen LogP contribution in [0.25, 0.3) is 0 Å². The fraction of sp³-hybridized carbons (Fsp3) is 0.263. The highest BCUT2D eigenvalue weighted by Gasteiger charge is 2.29. The molecule has 0 saturated carbocycles. The maximum absolute atomic E-state index is 12.7. The van der Waals surface area contributed by atoms with Gasteiger partial charge in [-0.25, -0.2) is 10.5 Å². The van der Waals surface area contributed by atoms with Crippen LogP contribution in [0.3, 0.4) is 0 Å². The molecule has 5 rings (SSSR count). The van der Waals surface area contributed by atoms with Crippen LogP contribution in [0.5, 0.6) is 0 Å². The predicted octanol–water partition coefficient (Wildman–Crippen LogP) is 4.51.